The number of hydrogen-bond acceptors (Lipinski definition) is 3. The minimum Gasteiger partial charge on any atom is -0.309 e. The lowest BCUT2D eigenvalue weighted by atomic mass is 10.0. The van der Waals surface area contributed by atoms with Gasteiger partial charge >= 0.3 is 0 Å². The molecular formula is C21H25N3O. The van der Waals surface area contributed by atoms with E-state index in [1.807, 2.05) is 74.8 Å². The molecule has 0 aliphatic carbocycles. The van der Waals surface area contributed by atoms with Crippen LogP contribution in [0.5, 0.6) is 0 Å². The number of hydrogen-bond donors (Lipinski definition) is 1. The monoisotopic (exact) mass is 335 g/mol. The van der Waals surface area contributed by atoms with Crippen LogP contribution in [0.3, 0.4) is 0 Å². The molecule has 4 heteroatoms. The summed E-state index contributed by atoms with van der Waals surface area (Å²) in [5.41, 5.74) is 5.20. The number of hydrazone groups is 1. The van der Waals surface area contributed by atoms with Crippen LogP contribution in [0.1, 0.15) is 22.8 Å². The van der Waals surface area contributed by atoms with Crippen molar-refractivity contribution in [3.63, 3.8) is 0 Å². The summed E-state index contributed by atoms with van der Waals surface area (Å²) < 4.78 is 0. The van der Waals surface area contributed by atoms with E-state index in [0.29, 0.717) is 5.56 Å². The van der Waals surface area contributed by atoms with E-state index < -0.39 is 0 Å². The summed E-state index contributed by atoms with van der Waals surface area (Å²) >= 11 is 0. The number of carbonyl (C=O) groups excluding carboxylic acids is 1. The zero-order valence-corrected chi connectivity index (χ0v) is 15.0. The molecule has 2 aromatic carbocycles. The van der Waals surface area contributed by atoms with Gasteiger partial charge in [-0.15, -0.1) is 0 Å². The highest BCUT2D eigenvalue weighted by atomic mass is 16.2. The highest BCUT2D eigenvalue weighted by molar-refractivity contribution is 6.01. The predicted octanol–water partition coefficient (Wildman–Crippen LogP) is 3.68. The van der Waals surface area contributed by atoms with Crippen LogP contribution in [0.4, 0.5) is 0 Å². The fourth-order valence-corrected chi connectivity index (χ4v) is 2.47. The molecule has 4 nitrogen and oxygen atoms in total. The normalized spacial score (nSPS) is 13.2. The van der Waals surface area contributed by atoms with Crippen molar-refractivity contribution in [3.05, 3.63) is 77.9 Å². The fourth-order valence-electron chi connectivity index (χ4n) is 2.47. The minimum atomic E-state index is -0.205. The average molecular weight is 335 g/mol. The first-order valence-corrected chi connectivity index (χ1v) is 8.37. The molecule has 1 atom stereocenters. The highest BCUT2D eigenvalue weighted by Crippen LogP contribution is 2.07. The van der Waals surface area contributed by atoms with E-state index in [2.05, 4.69) is 22.4 Å². The lowest BCUT2D eigenvalue weighted by Crippen LogP contribution is -2.27. The van der Waals surface area contributed by atoms with Gasteiger partial charge in [-0.3, -0.25) is 4.79 Å². The first-order valence-electron chi connectivity index (χ1n) is 8.37. The fraction of sp³-hybridized carbons (Fsp3) is 0.238. The standard InChI is InChI=1S/C21H25N3O/c1-17(16-24(2)3)20(15-14-18-10-6-4-7-11-18)22-23-21(25)19-12-8-5-9-13-19/h4-15,17H,16H2,1-3H3,(H,23,25)/b15-14-,22-20-/t17-/m0/s1. The summed E-state index contributed by atoms with van der Waals surface area (Å²) in [6.45, 7) is 2.95. The molecule has 1 amide bonds. The minimum absolute atomic E-state index is 0.186. The predicted molar refractivity (Wildman–Crippen MR) is 105 cm³/mol. The molecule has 0 aliphatic heterocycles. The molecule has 0 heterocycles. The Morgan fingerprint density at radius 2 is 1.68 bits per heavy atom. The van der Waals surface area contributed by atoms with Crippen LogP contribution in [0.15, 0.2) is 71.8 Å². The van der Waals surface area contributed by atoms with Crippen LogP contribution >= 0.6 is 0 Å². The molecule has 0 bridgehead atoms. The summed E-state index contributed by atoms with van der Waals surface area (Å²) in [4.78, 5) is 14.3. The van der Waals surface area contributed by atoms with Gasteiger partial charge in [-0.1, -0.05) is 61.5 Å². The molecule has 0 aromatic heterocycles. The van der Waals surface area contributed by atoms with Gasteiger partial charge in [-0.25, -0.2) is 5.43 Å². The van der Waals surface area contributed by atoms with Gasteiger partial charge in [-0.2, -0.15) is 5.10 Å². The molecule has 0 saturated heterocycles. The van der Waals surface area contributed by atoms with Crippen molar-refractivity contribution >= 4 is 17.7 Å². The molecule has 0 aliphatic rings. The Labute approximate surface area is 149 Å². The lowest BCUT2D eigenvalue weighted by Gasteiger charge is -2.17. The van der Waals surface area contributed by atoms with Crippen molar-refractivity contribution in [1.82, 2.24) is 10.3 Å². The van der Waals surface area contributed by atoms with E-state index in [0.717, 1.165) is 17.8 Å². The van der Waals surface area contributed by atoms with Crippen molar-refractivity contribution in [2.24, 2.45) is 11.0 Å². The average Bonchev–Trinajstić information content (AvgIpc) is 2.62. The van der Waals surface area contributed by atoms with E-state index in [4.69, 9.17) is 0 Å². The Bertz CT molecular complexity index is 721. The molecule has 1 N–H and O–H groups in total. The zero-order chi connectivity index (χ0) is 18.1. The second kappa shape index (κ2) is 9.55. The highest BCUT2D eigenvalue weighted by Gasteiger charge is 2.11. The van der Waals surface area contributed by atoms with Crippen LogP contribution in [0.2, 0.25) is 0 Å². The maximum atomic E-state index is 12.2. The Hall–Kier alpha value is -2.72. The van der Waals surface area contributed by atoms with E-state index in [9.17, 15) is 4.79 Å². The summed E-state index contributed by atoms with van der Waals surface area (Å²) in [6, 6.07) is 19.1. The van der Waals surface area contributed by atoms with Crippen LogP contribution in [-0.4, -0.2) is 37.2 Å². The number of benzene rings is 2. The molecule has 25 heavy (non-hydrogen) atoms. The van der Waals surface area contributed by atoms with Crippen molar-refractivity contribution in [3.8, 4) is 0 Å². The third kappa shape index (κ3) is 6.36. The molecule has 0 spiro atoms. The van der Waals surface area contributed by atoms with Crippen molar-refractivity contribution < 1.29 is 4.79 Å². The van der Waals surface area contributed by atoms with Crippen molar-refractivity contribution in [2.75, 3.05) is 20.6 Å². The topological polar surface area (TPSA) is 44.7 Å². The Kier molecular flexibility index (Phi) is 7.11. The van der Waals surface area contributed by atoms with E-state index in [1.165, 1.54) is 0 Å². The summed E-state index contributed by atoms with van der Waals surface area (Å²) in [5.74, 6) is -0.0192. The lowest BCUT2D eigenvalue weighted by molar-refractivity contribution is 0.0954. The van der Waals surface area contributed by atoms with Crippen LogP contribution in [0, 0.1) is 5.92 Å². The third-order valence-electron chi connectivity index (χ3n) is 3.71. The molecule has 130 valence electrons. The second-order valence-corrected chi connectivity index (χ2v) is 6.25. The molecule has 2 aromatic rings. The first kappa shape index (κ1) is 18.6. The zero-order valence-electron chi connectivity index (χ0n) is 15.0. The number of nitrogens with zero attached hydrogens (tertiary/aromatic N) is 2. The number of nitrogens with one attached hydrogen (secondary N) is 1. The molecule has 0 unspecified atom stereocenters. The van der Waals surface area contributed by atoms with E-state index >= 15 is 0 Å². The van der Waals surface area contributed by atoms with Crippen molar-refractivity contribution in [2.45, 2.75) is 6.92 Å². The van der Waals surface area contributed by atoms with E-state index in [1.54, 1.807) is 12.1 Å². The Balaban J connectivity index is 2.15. The molecule has 0 saturated carbocycles. The maximum Gasteiger partial charge on any atom is 0.271 e. The summed E-state index contributed by atoms with van der Waals surface area (Å²) in [5, 5.41) is 4.37. The molecular weight excluding hydrogens is 310 g/mol. The Morgan fingerprint density at radius 1 is 1.08 bits per heavy atom. The van der Waals surface area contributed by atoms with Gasteiger partial charge < -0.3 is 4.90 Å². The van der Waals surface area contributed by atoms with E-state index in [-0.39, 0.29) is 11.8 Å². The molecule has 0 fully saturated rings. The van der Waals surface area contributed by atoms with Gasteiger partial charge in [0.15, 0.2) is 0 Å². The quantitative estimate of drug-likeness (QED) is 0.619. The SMILES string of the molecule is C[C@@H](CN(C)C)C(/C=C\c1ccccc1)=N\NC(=O)c1ccccc1. The van der Waals surface area contributed by atoms with Gasteiger partial charge in [0.2, 0.25) is 0 Å². The van der Waals surface area contributed by atoms with Crippen LogP contribution in [-0.2, 0) is 0 Å². The van der Waals surface area contributed by atoms with Crippen LogP contribution in [0.25, 0.3) is 6.08 Å². The first-order chi connectivity index (χ1) is 12.1. The van der Waals surface area contributed by atoms with Gasteiger partial charge in [0.25, 0.3) is 5.91 Å². The summed E-state index contributed by atoms with van der Waals surface area (Å²) in [7, 11) is 4.05. The number of carbonyl (C=O) groups is 1. The number of rotatable bonds is 7. The number of amides is 1. The van der Waals surface area contributed by atoms with Gasteiger partial charge in [0.1, 0.15) is 0 Å². The Morgan fingerprint density at radius 3 is 2.28 bits per heavy atom. The smallest absolute Gasteiger partial charge is 0.271 e. The van der Waals surface area contributed by atoms with Crippen molar-refractivity contribution in [1.29, 1.82) is 0 Å². The summed E-state index contributed by atoms with van der Waals surface area (Å²) in [6.07, 6.45) is 3.98. The second-order valence-electron chi connectivity index (χ2n) is 6.25. The molecule has 2 rings (SSSR count). The number of allylic oxidation sites excluding steroid dienone is 1. The molecule has 0 radical (unpaired) electrons. The van der Waals surface area contributed by atoms with Gasteiger partial charge in [0, 0.05) is 18.0 Å². The van der Waals surface area contributed by atoms with Gasteiger partial charge in [-0.05, 0) is 37.9 Å². The largest absolute Gasteiger partial charge is 0.309 e. The van der Waals surface area contributed by atoms with Crippen LogP contribution < -0.4 is 5.43 Å². The third-order valence-corrected chi connectivity index (χ3v) is 3.71. The van der Waals surface area contributed by atoms with Gasteiger partial charge in [0.05, 0.1) is 5.71 Å². The maximum absolute atomic E-state index is 12.2.